The Balaban J connectivity index is 2.18. The highest BCUT2D eigenvalue weighted by Gasteiger charge is 2.17. The molecule has 2 aromatic rings. The van der Waals surface area contributed by atoms with E-state index in [0.29, 0.717) is 6.04 Å². The van der Waals surface area contributed by atoms with Crippen molar-refractivity contribution in [2.24, 2.45) is 0 Å². The van der Waals surface area contributed by atoms with Crippen LogP contribution >= 0.6 is 11.8 Å². The van der Waals surface area contributed by atoms with E-state index in [0.717, 1.165) is 23.9 Å². The van der Waals surface area contributed by atoms with Crippen LogP contribution in [0.25, 0.3) is 0 Å². The summed E-state index contributed by atoms with van der Waals surface area (Å²) >= 11 is 1.71. The summed E-state index contributed by atoms with van der Waals surface area (Å²) in [5.41, 5.74) is 5.46. The number of nitrogens with zero attached hydrogens (tertiary/aromatic N) is 2. The number of benzene rings is 1. The highest BCUT2D eigenvalue weighted by molar-refractivity contribution is 7.99. The zero-order valence-electron chi connectivity index (χ0n) is 13.2. The molecule has 0 saturated heterocycles. The first kappa shape index (κ1) is 16.0. The predicted octanol–water partition coefficient (Wildman–Crippen LogP) is 3.56. The molecule has 0 saturated carbocycles. The van der Waals surface area contributed by atoms with Gasteiger partial charge in [-0.05, 0) is 50.4 Å². The third-order valence-corrected chi connectivity index (χ3v) is 4.48. The van der Waals surface area contributed by atoms with E-state index in [1.807, 2.05) is 0 Å². The van der Waals surface area contributed by atoms with Crippen LogP contribution in [0.4, 0.5) is 0 Å². The van der Waals surface area contributed by atoms with Gasteiger partial charge in [0.25, 0.3) is 0 Å². The molecular formula is C16H24N4S. The van der Waals surface area contributed by atoms with Gasteiger partial charge in [0.2, 0.25) is 0 Å². The molecule has 0 fully saturated rings. The van der Waals surface area contributed by atoms with Crippen LogP contribution in [0, 0.1) is 20.8 Å². The average Bonchev–Trinajstić information content (AvgIpc) is 2.93. The molecule has 0 aliphatic heterocycles. The lowest BCUT2D eigenvalue weighted by atomic mass is 9.95. The lowest BCUT2D eigenvalue weighted by Gasteiger charge is -2.23. The molecule has 21 heavy (non-hydrogen) atoms. The van der Waals surface area contributed by atoms with Crippen LogP contribution in [0.3, 0.4) is 0 Å². The van der Waals surface area contributed by atoms with Gasteiger partial charge in [-0.25, -0.2) is 4.98 Å². The molecule has 1 aromatic carbocycles. The molecule has 0 bridgehead atoms. The molecule has 0 aliphatic rings. The van der Waals surface area contributed by atoms with Gasteiger partial charge in [0.05, 0.1) is 0 Å². The minimum atomic E-state index is 0.334. The van der Waals surface area contributed by atoms with Crippen LogP contribution in [0.2, 0.25) is 0 Å². The average molecular weight is 304 g/mol. The van der Waals surface area contributed by atoms with E-state index in [1.165, 1.54) is 22.3 Å². The fraction of sp³-hybridized carbons (Fsp3) is 0.500. The van der Waals surface area contributed by atoms with Crippen molar-refractivity contribution in [1.29, 1.82) is 0 Å². The zero-order valence-corrected chi connectivity index (χ0v) is 14.0. The van der Waals surface area contributed by atoms with E-state index in [4.69, 9.17) is 0 Å². The molecule has 5 heteroatoms. The van der Waals surface area contributed by atoms with Crippen molar-refractivity contribution >= 4 is 11.8 Å². The molecule has 0 amide bonds. The maximum Gasteiger partial charge on any atom is 0.183 e. The Hall–Kier alpha value is -1.33. The number of hydrogen-bond donors (Lipinski definition) is 2. The van der Waals surface area contributed by atoms with E-state index >= 15 is 0 Å². The maximum atomic E-state index is 4.19. The minimum Gasteiger partial charge on any atom is -0.309 e. The quantitative estimate of drug-likeness (QED) is 0.768. The minimum absolute atomic E-state index is 0.334. The molecule has 1 heterocycles. The summed E-state index contributed by atoms with van der Waals surface area (Å²) in [6.45, 7) is 9.78. The summed E-state index contributed by atoms with van der Waals surface area (Å²) in [4.78, 5) is 4.19. The van der Waals surface area contributed by atoms with Gasteiger partial charge in [0.1, 0.15) is 6.33 Å². The van der Waals surface area contributed by atoms with Crippen LogP contribution in [-0.2, 0) is 0 Å². The lowest BCUT2D eigenvalue weighted by molar-refractivity contribution is 0.572. The predicted molar refractivity (Wildman–Crippen MR) is 88.8 cm³/mol. The molecule has 114 valence electrons. The Labute approximate surface area is 131 Å². The van der Waals surface area contributed by atoms with E-state index in [-0.39, 0.29) is 0 Å². The highest BCUT2D eigenvalue weighted by Crippen LogP contribution is 2.28. The largest absolute Gasteiger partial charge is 0.309 e. The maximum absolute atomic E-state index is 4.19. The summed E-state index contributed by atoms with van der Waals surface area (Å²) in [5, 5.41) is 11.4. The summed E-state index contributed by atoms with van der Waals surface area (Å²) < 4.78 is 0. The van der Waals surface area contributed by atoms with Crippen molar-refractivity contribution in [3.8, 4) is 0 Å². The smallest absolute Gasteiger partial charge is 0.183 e. The van der Waals surface area contributed by atoms with Crippen molar-refractivity contribution in [2.75, 3.05) is 12.3 Å². The first-order valence-electron chi connectivity index (χ1n) is 7.41. The van der Waals surface area contributed by atoms with Crippen LogP contribution in [0.1, 0.15) is 41.6 Å². The van der Waals surface area contributed by atoms with Gasteiger partial charge in [0, 0.05) is 11.8 Å². The third kappa shape index (κ3) is 4.32. The molecule has 0 aliphatic carbocycles. The molecule has 0 radical (unpaired) electrons. The third-order valence-electron chi connectivity index (χ3n) is 3.51. The van der Waals surface area contributed by atoms with Crippen LogP contribution in [0.5, 0.6) is 0 Å². The van der Waals surface area contributed by atoms with Crippen molar-refractivity contribution in [1.82, 2.24) is 20.5 Å². The second kappa shape index (κ2) is 7.61. The van der Waals surface area contributed by atoms with E-state index in [1.54, 1.807) is 18.1 Å². The summed E-state index contributed by atoms with van der Waals surface area (Å²) in [5.74, 6) is 0.944. The molecule has 2 N–H and O–H groups in total. The Morgan fingerprint density at radius 2 is 1.95 bits per heavy atom. The normalized spacial score (nSPS) is 12.6. The van der Waals surface area contributed by atoms with Crippen molar-refractivity contribution in [3.05, 3.63) is 40.7 Å². The van der Waals surface area contributed by atoms with Gasteiger partial charge >= 0.3 is 0 Å². The molecule has 2 rings (SSSR count). The number of aryl methyl sites for hydroxylation is 3. The lowest BCUT2D eigenvalue weighted by Crippen LogP contribution is -2.25. The van der Waals surface area contributed by atoms with Crippen LogP contribution in [-0.4, -0.2) is 27.5 Å². The van der Waals surface area contributed by atoms with Crippen molar-refractivity contribution in [3.63, 3.8) is 0 Å². The summed E-state index contributed by atoms with van der Waals surface area (Å²) in [7, 11) is 0. The Bertz CT molecular complexity index is 543. The first-order valence-corrected chi connectivity index (χ1v) is 8.39. The molecule has 0 spiro atoms. The highest BCUT2D eigenvalue weighted by atomic mass is 32.2. The van der Waals surface area contributed by atoms with Crippen LogP contribution < -0.4 is 5.32 Å². The number of hydrogen-bond acceptors (Lipinski definition) is 4. The summed E-state index contributed by atoms with van der Waals surface area (Å²) in [6.07, 6.45) is 2.69. The summed E-state index contributed by atoms with van der Waals surface area (Å²) in [6, 6.07) is 4.87. The zero-order chi connectivity index (χ0) is 15.2. The Kier molecular flexibility index (Phi) is 5.82. The van der Waals surface area contributed by atoms with Gasteiger partial charge in [-0.1, -0.05) is 36.4 Å². The molecule has 1 aromatic heterocycles. The topological polar surface area (TPSA) is 53.6 Å². The standard InChI is InChI=1S/C16H24N4S/c1-5-6-17-14(9-21-16-18-10-19-20-16)15-12(3)7-11(2)8-13(15)4/h7-8,10,14,17H,5-6,9H2,1-4H3,(H,18,19,20). The van der Waals surface area contributed by atoms with Crippen molar-refractivity contribution < 1.29 is 0 Å². The van der Waals surface area contributed by atoms with Crippen LogP contribution in [0.15, 0.2) is 23.6 Å². The molecule has 4 nitrogen and oxygen atoms in total. The van der Waals surface area contributed by atoms with E-state index in [9.17, 15) is 0 Å². The molecule has 1 atom stereocenters. The van der Waals surface area contributed by atoms with E-state index in [2.05, 4.69) is 60.3 Å². The molecular weight excluding hydrogens is 280 g/mol. The van der Waals surface area contributed by atoms with Gasteiger partial charge in [-0.3, -0.25) is 5.10 Å². The number of aromatic amines is 1. The fourth-order valence-corrected chi connectivity index (χ4v) is 3.58. The van der Waals surface area contributed by atoms with Gasteiger partial charge in [-0.2, -0.15) is 5.10 Å². The first-order chi connectivity index (χ1) is 10.1. The SMILES string of the molecule is CCCNC(CSc1ncn[nH]1)c1c(C)cc(C)cc1C. The number of nitrogens with one attached hydrogen (secondary N) is 2. The molecule has 1 unspecified atom stereocenters. The Morgan fingerprint density at radius 3 is 2.52 bits per heavy atom. The Morgan fingerprint density at radius 1 is 1.24 bits per heavy atom. The second-order valence-corrected chi connectivity index (χ2v) is 6.43. The number of aromatic nitrogens is 3. The number of H-pyrrole nitrogens is 1. The fourth-order valence-electron chi connectivity index (χ4n) is 2.73. The van der Waals surface area contributed by atoms with Gasteiger partial charge in [0.15, 0.2) is 5.16 Å². The van der Waals surface area contributed by atoms with Gasteiger partial charge in [-0.15, -0.1) is 0 Å². The van der Waals surface area contributed by atoms with Gasteiger partial charge < -0.3 is 5.32 Å². The number of thioether (sulfide) groups is 1. The number of rotatable bonds is 7. The van der Waals surface area contributed by atoms with Crippen molar-refractivity contribution in [2.45, 2.75) is 45.3 Å². The van der Waals surface area contributed by atoms with E-state index < -0.39 is 0 Å². The monoisotopic (exact) mass is 304 g/mol. The second-order valence-electron chi connectivity index (χ2n) is 5.42.